The number of hydrogen-bond acceptors (Lipinski definition) is 0. The van der Waals surface area contributed by atoms with Gasteiger partial charge in [0, 0.05) is 68.9 Å². The zero-order valence-corrected chi connectivity index (χ0v) is 20.2. The van der Waals surface area contributed by atoms with Crippen molar-refractivity contribution in [3.05, 3.63) is 12.7 Å². The van der Waals surface area contributed by atoms with E-state index in [9.17, 15) is 0 Å². The molecule has 0 aromatic carbocycles. The van der Waals surface area contributed by atoms with Crippen LogP contribution in [0, 0.1) is 0 Å². The molecule has 0 spiro atoms. The second-order valence-corrected chi connectivity index (χ2v) is 5.67. The summed E-state index contributed by atoms with van der Waals surface area (Å²) >= 11 is 0. The summed E-state index contributed by atoms with van der Waals surface area (Å²) in [4.78, 5) is 0. The molecular formula is C18H36Cs. The van der Waals surface area contributed by atoms with Crippen molar-refractivity contribution in [3.63, 3.8) is 0 Å². The predicted molar refractivity (Wildman–Crippen MR) is 90.9 cm³/mol. The van der Waals surface area contributed by atoms with Gasteiger partial charge in [-0.15, -0.1) is 6.58 Å². The Balaban J connectivity index is 0. The molecule has 0 amide bonds. The third-order valence-electron chi connectivity index (χ3n) is 3.76. The van der Waals surface area contributed by atoms with Crippen molar-refractivity contribution in [1.82, 2.24) is 0 Å². The van der Waals surface area contributed by atoms with E-state index in [0.717, 1.165) is 0 Å². The quantitative estimate of drug-likeness (QED) is 0.218. The monoisotopic (exact) mass is 385 g/mol. The molecule has 0 rings (SSSR count). The van der Waals surface area contributed by atoms with Gasteiger partial charge in [0.2, 0.25) is 0 Å². The van der Waals surface area contributed by atoms with Gasteiger partial charge < -0.3 is 0 Å². The summed E-state index contributed by atoms with van der Waals surface area (Å²) in [6.07, 6.45) is 23.5. The molecule has 0 bridgehead atoms. The van der Waals surface area contributed by atoms with Crippen molar-refractivity contribution < 1.29 is 0 Å². The van der Waals surface area contributed by atoms with Gasteiger partial charge in [0.15, 0.2) is 0 Å². The van der Waals surface area contributed by atoms with Crippen molar-refractivity contribution in [1.29, 1.82) is 0 Å². The molecule has 0 heterocycles. The van der Waals surface area contributed by atoms with E-state index in [1.54, 1.807) is 0 Å². The average molecular weight is 385 g/mol. The van der Waals surface area contributed by atoms with Crippen LogP contribution in [0.1, 0.15) is 103 Å². The molecule has 0 fully saturated rings. The summed E-state index contributed by atoms with van der Waals surface area (Å²) in [7, 11) is 0. The Morgan fingerprint density at radius 3 is 1.21 bits per heavy atom. The minimum absolute atomic E-state index is 0. The molecule has 0 aromatic heterocycles. The van der Waals surface area contributed by atoms with Crippen LogP contribution >= 0.6 is 0 Å². The summed E-state index contributed by atoms with van der Waals surface area (Å²) in [6.45, 7) is 6.05. The first-order valence-corrected chi connectivity index (χ1v) is 8.52. The fourth-order valence-electron chi connectivity index (χ4n) is 2.48. The topological polar surface area (TPSA) is 0 Å². The van der Waals surface area contributed by atoms with E-state index in [0.29, 0.717) is 0 Å². The fourth-order valence-corrected chi connectivity index (χ4v) is 2.48. The summed E-state index contributed by atoms with van der Waals surface area (Å²) < 4.78 is 0. The van der Waals surface area contributed by atoms with E-state index < -0.39 is 0 Å². The summed E-state index contributed by atoms with van der Waals surface area (Å²) in [5.74, 6) is 0. The summed E-state index contributed by atoms with van der Waals surface area (Å²) in [6, 6.07) is 0. The van der Waals surface area contributed by atoms with Gasteiger partial charge in [-0.2, -0.15) is 0 Å². The van der Waals surface area contributed by atoms with E-state index >= 15 is 0 Å². The van der Waals surface area contributed by atoms with Crippen LogP contribution < -0.4 is 0 Å². The van der Waals surface area contributed by atoms with Gasteiger partial charge in [0.1, 0.15) is 0 Å². The SMILES string of the molecule is C=CCCCCCCCCCCCCCCCC.[Cs]. The van der Waals surface area contributed by atoms with Gasteiger partial charge in [-0.1, -0.05) is 96.5 Å². The van der Waals surface area contributed by atoms with Crippen molar-refractivity contribution in [2.45, 2.75) is 103 Å². The van der Waals surface area contributed by atoms with E-state index in [1.165, 1.54) is 96.3 Å². The molecule has 1 radical (unpaired) electrons. The number of unbranched alkanes of at least 4 members (excludes halogenated alkanes) is 14. The largest absolute Gasteiger partial charge is 0.103 e. The second-order valence-electron chi connectivity index (χ2n) is 5.67. The first kappa shape index (κ1) is 23.1. The Morgan fingerprint density at radius 1 is 0.579 bits per heavy atom. The minimum Gasteiger partial charge on any atom is -0.103 e. The van der Waals surface area contributed by atoms with Crippen LogP contribution in [0.15, 0.2) is 12.7 Å². The molecule has 1 heteroatoms. The fraction of sp³-hybridized carbons (Fsp3) is 0.889. The van der Waals surface area contributed by atoms with Crippen LogP contribution in [0.2, 0.25) is 0 Å². The Labute approximate surface area is 182 Å². The van der Waals surface area contributed by atoms with Crippen molar-refractivity contribution in [3.8, 4) is 0 Å². The maximum absolute atomic E-state index is 3.76. The number of rotatable bonds is 15. The smallest absolute Gasteiger partial charge is 0 e. The van der Waals surface area contributed by atoms with Crippen LogP contribution in [0.4, 0.5) is 0 Å². The first-order valence-electron chi connectivity index (χ1n) is 8.52. The van der Waals surface area contributed by atoms with Crippen LogP contribution in [-0.2, 0) is 0 Å². The van der Waals surface area contributed by atoms with Crippen molar-refractivity contribution in [2.24, 2.45) is 0 Å². The van der Waals surface area contributed by atoms with Crippen LogP contribution in [0.3, 0.4) is 0 Å². The molecule has 0 unspecified atom stereocenters. The summed E-state index contributed by atoms with van der Waals surface area (Å²) in [5.41, 5.74) is 0. The first-order chi connectivity index (χ1) is 8.91. The molecule has 0 aliphatic carbocycles. The van der Waals surface area contributed by atoms with E-state index in [2.05, 4.69) is 13.5 Å². The van der Waals surface area contributed by atoms with Gasteiger partial charge in [0.25, 0.3) is 0 Å². The maximum atomic E-state index is 3.76. The van der Waals surface area contributed by atoms with Gasteiger partial charge in [-0.25, -0.2) is 0 Å². The molecule has 109 valence electrons. The van der Waals surface area contributed by atoms with E-state index in [4.69, 9.17) is 0 Å². The third kappa shape index (κ3) is 22.2. The van der Waals surface area contributed by atoms with Gasteiger partial charge in [0.05, 0.1) is 0 Å². The molecule has 0 aliphatic heterocycles. The third-order valence-corrected chi connectivity index (χ3v) is 3.76. The van der Waals surface area contributed by atoms with E-state index in [-0.39, 0.29) is 68.9 Å². The van der Waals surface area contributed by atoms with E-state index in [1.807, 2.05) is 6.08 Å². The van der Waals surface area contributed by atoms with Crippen LogP contribution in [-0.4, -0.2) is 68.9 Å². The second kappa shape index (κ2) is 22.1. The summed E-state index contributed by atoms with van der Waals surface area (Å²) in [5, 5.41) is 0. The van der Waals surface area contributed by atoms with Gasteiger partial charge in [-0.05, 0) is 12.8 Å². The molecule has 19 heavy (non-hydrogen) atoms. The van der Waals surface area contributed by atoms with Crippen LogP contribution in [0.5, 0.6) is 0 Å². The Morgan fingerprint density at radius 2 is 0.895 bits per heavy atom. The minimum atomic E-state index is 0. The number of allylic oxidation sites excluding steroid dienone is 1. The number of hydrogen-bond donors (Lipinski definition) is 0. The Hall–Kier alpha value is 1.79. The maximum Gasteiger partial charge on any atom is 0 e. The molecule has 0 N–H and O–H groups in total. The predicted octanol–water partition coefficient (Wildman–Crippen LogP) is 6.66. The molecule has 0 aliphatic rings. The zero-order chi connectivity index (χ0) is 13.3. The van der Waals surface area contributed by atoms with Gasteiger partial charge in [-0.3, -0.25) is 0 Å². The molecular weight excluding hydrogens is 349 g/mol. The van der Waals surface area contributed by atoms with Crippen molar-refractivity contribution >= 4 is 68.9 Å². The molecule has 0 saturated heterocycles. The van der Waals surface area contributed by atoms with Crippen LogP contribution in [0.25, 0.3) is 0 Å². The molecule has 0 nitrogen and oxygen atoms in total. The Bertz CT molecular complexity index is 154. The standard InChI is InChI=1S/C18H36.Cs/c1-3-5-7-9-11-13-15-17-18-16-14-12-10-8-6-4-2;/h3H,1,4-18H2,2H3;. The molecule has 0 aromatic rings. The Kier molecular flexibility index (Phi) is 26.8. The van der Waals surface area contributed by atoms with Crippen molar-refractivity contribution in [2.75, 3.05) is 0 Å². The molecule has 0 atom stereocenters. The molecule has 0 saturated carbocycles. The van der Waals surface area contributed by atoms with Gasteiger partial charge >= 0.3 is 0 Å². The normalized spacial score (nSPS) is 10.2. The zero-order valence-electron chi connectivity index (χ0n) is 13.9. The average Bonchev–Trinajstić information content (AvgIpc) is 2.39.